The van der Waals surface area contributed by atoms with Crippen LogP contribution in [0.1, 0.15) is 25.7 Å². The summed E-state index contributed by atoms with van der Waals surface area (Å²) in [5, 5.41) is 21.6. The maximum Gasteiger partial charge on any atom is 0.206 e. The Morgan fingerprint density at radius 2 is 2.14 bits per heavy atom. The summed E-state index contributed by atoms with van der Waals surface area (Å²) in [5.41, 5.74) is -0.530. The van der Waals surface area contributed by atoms with Gasteiger partial charge in [-0.2, -0.15) is 0 Å². The number of rotatable bonds is 3. The number of nitrogens with zero attached hydrogens (tertiary/aromatic N) is 2. The van der Waals surface area contributed by atoms with E-state index in [2.05, 4.69) is 31.4 Å². The molecule has 1 aliphatic carbocycles. The minimum atomic E-state index is -0.530. The Morgan fingerprint density at radius 3 is 2.71 bits per heavy atom. The van der Waals surface area contributed by atoms with Crippen LogP contribution in [0.2, 0.25) is 0 Å². The van der Waals surface area contributed by atoms with E-state index in [1.165, 1.54) is 11.3 Å². The number of halogens is 1. The third kappa shape index (κ3) is 2.43. The maximum absolute atomic E-state index is 10.0. The van der Waals surface area contributed by atoms with Gasteiger partial charge in [0.2, 0.25) is 5.13 Å². The number of aliphatic hydroxyl groups is 1. The van der Waals surface area contributed by atoms with Crippen molar-refractivity contribution in [2.75, 3.05) is 11.9 Å². The Balaban J connectivity index is 1.87. The molecule has 0 bridgehead atoms. The maximum atomic E-state index is 10.0. The van der Waals surface area contributed by atoms with Gasteiger partial charge in [0.05, 0.1) is 5.60 Å². The molecule has 1 aromatic rings. The van der Waals surface area contributed by atoms with Crippen LogP contribution >= 0.6 is 27.3 Å². The fourth-order valence-electron chi connectivity index (χ4n) is 1.73. The van der Waals surface area contributed by atoms with Crippen molar-refractivity contribution in [1.29, 1.82) is 0 Å². The SMILES string of the molecule is OC1(CNc2nnc(Br)s2)CCCC1. The zero-order valence-corrected chi connectivity index (χ0v) is 10.1. The molecule has 1 fully saturated rings. The van der Waals surface area contributed by atoms with E-state index in [9.17, 15) is 5.11 Å². The quantitative estimate of drug-likeness (QED) is 0.888. The summed E-state index contributed by atoms with van der Waals surface area (Å²) in [6.07, 6.45) is 4.02. The van der Waals surface area contributed by atoms with Gasteiger partial charge in [0.25, 0.3) is 0 Å². The van der Waals surface area contributed by atoms with E-state index >= 15 is 0 Å². The molecule has 1 heterocycles. The predicted octanol–water partition coefficient (Wildman–Crippen LogP) is 2.02. The third-order valence-corrected chi connectivity index (χ3v) is 3.82. The van der Waals surface area contributed by atoms with Crippen molar-refractivity contribution in [3.8, 4) is 0 Å². The Morgan fingerprint density at radius 1 is 1.43 bits per heavy atom. The number of nitrogens with one attached hydrogen (secondary N) is 1. The second-order valence-corrected chi connectivity index (χ2v) is 5.90. The second-order valence-electron chi connectivity index (χ2n) is 3.65. The average molecular weight is 278 g/mol. The first kappa shape index (κ1) is 10.3. The van der Waals surface area contributed by atoms with Gasteiger partial charge in [0, 0.05) is 6.54 Å². The fourth-order valence-corrected chi connectivity index (χ4v) is 2.73. The van der Waals surface area contributed by atoms with Crippen molar-refractivity contribution in [3.63, 3.8) is 0 Å². The highest BCUT2D eigenvalue weighted by atomic mass is 79.9. The molecule has 2 rings (SSSR count). The molecule has 78 valence electrons. The molecule has 0 saturated heterocycles. The average Bonchev–Trinajstić information content (AvgIpc) is 2.73. The summed E-state index contributed by atoms with van der Waals surface area (Å²) in [7, 11) is 0. The van der Waals surface area contributed by atoms with Crippen molar-refractivity contribution >= 4 is 32.4 Å². The molecule has 0 aliphatic heterocycles. The van der Waals surface area contributed by atoms with Gasteiger partial charge in [-0.3, -0.25) is 0 Å². The molecule has 0 radical (unpaired) electrons. The number of hydrogen-bond donors (Lipinski definition) is 2. The van der Waals surface area contributed by atoms with E-state index in [4.69, 9.17) is 0 Å². The van der Waals surface area contributed by atoms with Crippen LogP contribution in [0, 0.1) is 0 Å². The lowest BCUT2D eigenvalue weighted by molar-refractivity contribution is 0.0614. The number of hydrogen-bond acceptors (Lipinski definition) is 5. The summed E-state index contributed by atoms with van der Waals surface area (Å²) < 4.78 is 0.762. The molecule has 4 nitrogen and oxygen atoms in total. The second kappa shape index (κ2) is 4.12. The van der Waals surface area contributed by atoms with Crippen molar-refractivity contribution in [3.05, 3.63) is 3.92 Å². The van der Waals surface area contributed by atoms with Gasteiger partial charge in [-0.1, -0.05) is 24.2 Å². The lowest BCUT2D eigenvalue weighted by atomic mass is 10.0. The van der Waals surface area contributed by atoms with Gasteiger partial charge >= 0.3 is 0 Å². The summed E-state index contributed by atoms with van der Waals surface area (Å²) in [6, 6.07) is 0. The summed E-state index contributed by atoms with van der Waals surface area (Å²) in [5.74, 6) is 0. The number of aromatic nitrogens is 2. The first-order valence-corrected chi connectivity index (χ1v) is 6.24. The number of anilines is 1. The van der Waals surface area contributed by atoms with Crippen molar-refractivity contribution < 1.29 is 5.11 Å². The molecule has 0 unspecified atom stereocenters. The minimum Gasteiger partial charge on any atom is -0.388 e. The molecular formula is C8H12BrN3OS. The smallest absolute Gasteiger partial charge is 0.206 e. The molecule has 0 aromatic carbocycles. The van der Waals surface area contributed by atoms with Crippen LogP contribution in [0.25, 0.3) is 0 Å². The minimum absolute atomic E-state index is 0.530. The summed E-state index contributed by atoms with van der Waals surface area (Å²) in [4.78, 5) is 0. The monoisotopic (exact) mass is 277 g/mol. The first-order chi connectivity index (χ1) is 6.68. The fraction of sp³-hybridized carbons (Fsp3) is 0.750. The van der Waals surface area contributed by atoms with Crippen molar-refractivity contribution in [2.45, 2.75) is 31.3 Å². The van der Waals surface area contributed by atoms with E-state index in [-0.39, 0.29) is 0 Å². The lowest BCUT2D eigenvalue weighted by Crippen LogP contribution is -2.33. The highest BCUT2D eigenvalue weighted by molar-refractivity contribution is 9.11. The highest BCUT2D eigenvalue weighted by Crippen LogP contribution is 2.30. The van der Waals surface area contributed by atoms with Crippen LogP contribution in [0.3, 0.4) is 0 Å². The van der Waals surface area contributed by atoms with Crippen LogP contribution in [-0.4, -0.2) is 27.4 Å². The van der Waals surface area contributed by atoms with Gasteiger partial charge < -0.3 is 10.4 Å². The van der Waals surface area contributed by atoms with E-state index in [0.717, 1.165) is 34.7 Å². The van der Waals surface area contributed by atoms with E-state index in [0.29, 0.717) is 6.54 Å². The molecule has 6 heteroatoms. The van der Waals surface area contributed by atoms with E-state index in [1.807, 2.05) is 0 Å². The van der Waals surface area contributed by atoms with Crippen LogP contribution < -0.4 is 5.32 Å². The molecule has 0 amide bonds. The largest absolute Gasteiger partial charge is 0.388 e. The van der Waals surface area contributed by atoms with Gasteiger partial charge in [-0.25, -0.2) is 0 Å². The van der Waals surface area contributed by atoms with Crippen LogP contribution in [0.15, 0.2) is 3.92 Å². The molecule has 2 N–H and O–H groups in total. The van der Waals surface area contributed by atoms with Crippen molar-refractivity contribution in [2.24, 2.45) is 0 Å². The highest BCUT2D eigenvalue weighted by Gasteiger charge is 2.30. The van der Waals surface area contributed by atoms with Crippen LogP contribution in [0.4, 0.5) is 5.13 Å². The normalized spacial score (nSPS) is 19.9. The molecular weight excluding hydrogens is 266 g/mol. The van der Waals surface area contributed by atoms with Gasteiger partial charge in [-0.15, -0.1) is 10.2 Å². The predicted molar refractivity (Wildman–Crippen MR) is 59.5 cm³/mol. The Labute approximate surface area is 94.9 Å². The summed E-state index contributed by atoms with van der Waals surface area (Å²) in [6.45, 7) is 0.578. The van der Waals surface area contributed by atoms with Crippen LogP contribution in [0.5, 0.6) is 0 Å². The Bertz CT molecular complexity index is 311. The molecule has 14 heavy (non-hydrogen) atoms. The standard InChI is InChI=1S/C8H12BrN3OS/c9-6-11-12-7(14-6)10-5-8(13)3-1-2-4-8/h13H,1-5H2,(H,10,12). The first-order valence-electron chi connectivity index (χ1n) is 4.63. The van der Waals surface area contributed by atoms with Gasteiger partial charge in [-0.05, 0) is 28.8 Å². The topological polar surface area (TPSA) is 58.0 Å². The molecule has 1 aliphatic rings. The van der Waals surface area contributed by atoms with Gasteiger partial charge in [0.15, 0.2) is 3.92 Å². The van der Waals surface area contributed by atoms with E-state index < -0.39 is 5.60 Å². The zero-order chi connectivity index (χ0) is 10.0. The molecule has 1 saturated carbocycles. The zero-order valence-electron chi connectivity index (χ0n) is 7.66. The van der Waals surface area contributed by atoms with E-state index in [1.54, 1.807) is 0 Å². The molecule has 1 aromatic heterocycles. The molecule has 0 spiro atoms. The molecule has 0 atom stereocenters. The third-order valence-electron chi connectivity index (χ3n) is 2.50. The Hall–Kier alpha value is -0.200. The lowest BCUT2D eigenvalue weighted by Gasteiger charge is -2.21. The van der Waals surface area contributed by atoms with Crippen molar-refractivity contribution in [1.82, 2.24) is 10.2 Å². The summed E-state index contributed by atoms with van der Waals surface area (Å²) >= 11 is 4.68. The van der Waals surface area contributed by atoms with Crippen LogP contribution in [-0.2, 0) is 0 Å². The van der Waals surface area contributed by atoms with Gasteiger partial charge in [0.1, 0.15) is 0 Å². The Kier molecular flexibility index (Phi) is 3.04.